The van der Waals surface area contributed by atoms with Crippen LogP contribution in [0.2, 0.25) is 0 Å². The predicted molar refractivity (Wildman–Crippen MR) is 106 cm³/mol. The van der Waals surface area contributed by atoms with Gasteiger partial charge in [0.05, 0.1) is 18.1 Å². The van der Waals surface area contributed by atoms with E-state index in [-0.39, 0.29) is 42.0 Å². The van der Waals surface area contributed by atoms with Crippen molar-refractivity contribution in [2.24, 2.45) is 4.99 Å². The van der Waals surface area contributed by atoms with Gasteiger partial charge in [-0.15, -0.1) is 35.3 Å². The van der Waals surface area contributed by atoms with Crippen LogP contribution in [0.3, 0.4) is 0 Å². The monoisotopic (exact) mass is 527 g/mol. The van der Waals surface area contributed by atoms with Crippen molar-refractivity contribution in [2.75, 3.05) is 44.7 Å². The standard InChI is InChI=1S/C13H20F3N5O2S2.HI/c1-17-12(18-2-3-21-4-6-25(22,23)7-5-21)19-8-11-20-10(9-24-11)13(14,15)16;/h9H,2-8H2,1H3,(H2,17,18,19);1H. The number of thiazole rings is 1. The maximum Gasteiger partial charge on any atom is 0.434 e. The summed E-state index contributed by atoms with van der Waals surface area (Å²) in [6.07, 6.45) is -4.43. The summed E-state index contributed by atoms with van der Waals surface area (Å²) in [5, 5.41) is 7.25. The summed E-state index contributed by atoms with van der Waals surface area (Å²) in [5.74, 6) is 0.797. The summed E-state index contributed by atoms with van der Waals surface area (Å²) in [6.45, 7) is 2.37. The summed E-state index contributed by atoms with van der Waals surface area (Å²) in [7, 11) is -1.33. The predicted octanol–water partition coefficient (Wildman–Crippen LogP) is 1.18. The molecule has 2 N–H and O–H groups in total. The van der Waals surface area contributed by atoms with E-state index in [1.54, 1.807) is 7.05 Å². The molecule has 0 atom stereocenters. The highest BCUT2D eigenvalue weighted by atomic mass is 127. The number of alkyl halides is 3. The first-order chi connectivity index (χ1) is 11.7. The van der Waals surface area contributed by atoms with Crippen LogP contribution in [0, 0.1) is 0 Å². The highest BCUT2D eigenvalue weighted by molar-refractivity contribution is 14.0. The fourth-order valence-electron chi connectivity index (χ4n) is 2.21. The molecule has 1 aliphatic rings. The number of rotatable bonds is 5. The molecule has 0 spiro atoms. The molecular formula is C13H21F3IN5O2S2. The van der Waals surface area contributed by atoms with Crippen molar-refractivity contribution in [3.05, 3.63) is 16.1 Å². The summed E-state index contributed by atoms with van der Waals surface area (Å²) < 4.78 is 60.2. The maximum atomic E-state index is 12.5. The molecule has 150 valence electrons. The Hall–Kier alpha value is -0.670. The largest absolute Gasteiger partial charge is 0.434 e. The van der Waals surface area contributed by atoms with Crippen LogP contribution < -0.4 is 10.6 Å². The van der Waals surface area contributed by atoms with Gasteiger partial charge >= 0.3 is 6.18 Å². The molecule has 2 rings (SSSR count). The van der Waals surface area contributed by atoms with Crippen molar-refractivity contribution in [3.8, 4) is 0 Å². The zero-order valence-electron chi connectivity index (χ0n) is 14.0. The van der Waals surface area contributed by atoms with Crippen LogP contribution in [-0.2, 0) is 22.6 Å². The molecule has 0 bridgehead atoms. The van der Waals surface area contributed by atoms with E-state index in [9.17, 15) is 21.6 Å². The van der Waals surface area contributed by atoms with E-state index < -0.39 is 21.7 Å². The highest BCUT2D eigenvalue weighted by Gasteiger charge is 2.33. The molecule has 0 aromatic carbocycles. The fraction of sp³-hybridized carbons (Fsp3) is 0.692. The Bertz CT molecular complexity index is 695. The van der Waals surface area contributed by atoms with Crippen molar-refractivity contribution in [1.82, 2.24) is 20.5 Å². The van der Waals surface area contributed by atoms with Crippen LogP contribution in [0.1, 0.15) is 10.7 Å². The number of hydrogen-bond acceptors (Lipinski definition) is 6. The van der Waals surface area contributed by atoms with Gasteiger partial charge in [-0.25, -0.2) is 13.4 Å². The number of sulfone groups is 1. The number of nitrogens with zero attached hydrogens (tertiary/aromatic N) is 3. The Morgan fingerprint density at radius 1 is 1.35 bits per heavy atom. The van der Waals surface area contributed by atoms with Gasteiger partial charge in [0.1, 0.15) is 5.01 Å². The van der Waals surface area contributed by atoms with Crippen LogP contribution in [0.25, 0.3) is 0 Å². The molecule has 1 saturated heterocycles. The lowest BCUT2D eigenvalue weighted by molar-refractivity contribution is -0.140. The number of aromatic nitrogens is 1. The van der Waals surface area contributed by atoms with Gasteiger partial charge in [-0.2, -0.15) is 13.2 Å². The first-order valence-electron chi connectivity index (χ1n) is 7.58. The molecule has 0 unspecified atom stereocenters. The number of guanidine groups is 1. The van der Waals surface area contributed by atoms with Crippen LogP contribution in [0.4, 0.5) is 13.2 Å². The van der Waals surface area contributed by atoms with E-state index in [4.69, 9.17) is 0 Å². The number of nitrogens with one attached hydrogen (secondary N) is 2. The molecule has 2 heterocycles. The Morgan fingerprint density at radius 3 is 2.54 bits per heavy atom. The molecular weight excluding hydrogens is 506 g/mol. The Morgan fingerprint density at radius 2 is 2.00 bits per heavy atom. The van der Waals surface area contributed by atoms with Gasteiger partial charge in [-0.3, -0.25) is 9.89 Å². The summed E-state index contributed by atoms with van der Waals surface area (Å²) >= 11 is 0.934. The van der Waals surface area contributed by atoms with Gasteiger partial charge in [0.25, 0.3) is 0 Å². The average Bonchev–Trinajstić information content (AvgIpc) is 3.01. The van der Waals surface area contributed by atoms with E-state index in [1.807, 2.05) is 4.90 Å². The molecule has 26 heavy (non-hydrogen) atoms. The second-order valence-electron chi connectivity index (χ2n) is 5.47. The molecule has 0 radical (unpaired) electrons. The lowest BCUT2D eigenvalue weighted by Gasteiger charge is -2.26. The van der Waals surface area contributed by atoms with Gasteiger partial charge in [-0.05, 0) is 0 Å². The van der Waals surface area contributed by atoms with Gasteiger partial charge in [0.2, 0.25) is 0 Å². The highest BCUT2D eigenvalue weighted by Crippen LogP contribution is 2.29. The summed E-state index contributed by atoms with van der Waals surface area (Å²) in [6, 6.07) is 0. The topological polar surface area (TPSA) is 86.7 Å². The van der Waals surface area contributed by atoms with Crippen molar-refractivity contribution in [1.29, 1.82) is 0 Å². The molecule has 0 aliphatic carbocycles. The van der Waals surface area contributed by atoms with Crippen LogP contribution in [0.15, 0.2) is 10.4 Å². The molecule has 1 aliphatic heterocycles. The van der Waals surface area contributed by atoms with Gasteiger partial charge in [0, 0.05) is 38.6 Å². The molecule has 0 amide bonds. The molecule has 0 saturated carbocycles. The van der Waals surface area contributed by atoms with Gasteiger partial charge < -0.3 is 10.6 Å². The van der Waals surface area contributed by atoms with Crippen molar-refractivity contribution >= 4 is 51.1 Å². The third kappa shape index (κ3) is 7.52. The number of halogens is 4. The first-order valence-corrected chi connectivity index (χ1v) is 10.3. The van der Waals surface area contributed by atoms with Gasteiger partial charge in [-0.1, -0.05) is 0 Å². The minimum atomic E-state index is -4.43. The normalized spacial score (nSPS) is 18.2. The maximum absolute atomic E-state index is 12.5. The second kappa shape index (κ2) is 10.0. The number of hydrogen-bond donors (Lipinski definition) is 2. The Labute approximate surface area is 171 Å². The van der Waals surface area contributed by atoms with Crippen molar-refractivity contribution in [2.45, 2.75) is 12.7 Å². The zero-order chi connectivity index (χ0) is 18.5. The van der Waals surface area contributed by atoms with Crippen molar-refractivity contribution < 1.29 is 21.6 Å². The minimum absolute atomic E-state index is 0. The van der Waals surface area contributed by atoms with E-state index in [0.717, 1.165) is 16.7 Å². The van der Waals surface area contributed by atoms with Gasteiger partial charge in [0.15, 0.2) is 21.5 Å². The second-order valence-corrected chi connectivity index (χ2v) is 8.72. The lowest BCUT2D eigenvalue weighted by atomic mass is 10.4. The zero-order valence-corrected chi connectivity index (χ0v) is 18.0. The third-order valence-electron chi connectivity index (χ3n) is 3.63. The van der Waals surface area contributed by atoms with Crippen LogP contribution in [-0.4, -0.2) is 69.0 Å². The molecule has 1 fully saturated rings. The summed E-state index contributed by atoms with van der Waals surface area (Å²) in [4.78, 5) is 9.58. The SMILES string of the molecule is CN=C(NCCN1CCS(=O)(=O)CC1)NCc1nc(C(F)(F)F)cs1.I. The minimum Gasteiger partial charge on any atom is -0.355 e. The summed E-state index contributed by atoms with van der Waals surface area (Å²) in [5.41, 5.74) is -0.891. The molecule has 1 aromatic heterocycles. The lowest BCUT2D eigenvalue weighted by Crippen LogP contribution is -2.45. The quantitative estimate of drug-likeness (QED) is 0.340. The smallest absolute Gasteiger partial charge is 0.355 e. The van der Waals surface area contributed by atoms with E-state index in [2.05, 4.69) is 20.6 Å². The molecule has 1 aromatic rings. The van der Waals surface area contributed by atoms with Crippen LogP contribution in [0.5, 0.6) is 0 Å². The van der Waals surface area contributed by atoms with E-state index in [1.165, 1.54) is 0 Å². The third-order valence-corrected chi connectivity index (χ3v) is 6.09. The molecule has 13 heteroatoms. The van der Waals surface area contributed by atoms with E-state index in [0.29, 0.717) is 37.1 Å². The Kier molecular flexibility index (Phi) is 9.02. The first kappa shape index (κ1) is 23.4. The fourth-order valence-corrected chi connectivity index (χ4v) is 4.23. The van der Waals surface area contributed by atoms with Crippen LogP contribution >= 0.6 is 35.3 Å². The Balaban J connectivity index is 0.00000338. The van der Waals surface area contributed by atoms with Crippen molar-refractivity contribution in [3.63, 3.8) is 0 Å². The van der Waals surface area contributed by atoms with E-state index >= 15 is 0 Å². The molecule has 7 nitrogen and oxygen atoms in total. The number of aliphatic imine (C=N–C) groups is 1. The average molecular weight is 527 g/mol.